The standard InChI is InChI=1S/C17H25N3O/c1-12(2)21-16-8-6-15(7-9-16)10-18-13(3)17-11-19-20(5)14(17)4/h6-9,11-13,18H,10H2,1-5H3. The van der Waals surface area contributed by atoms with E-state index in [0.29, 0.717) is 0 Å². The summed E-state index contributed by atoms with van der Waals surface area (Å²) in [6.07, 6.45) is 2.15. The van der Waals surface area contributed by atoms with Crippen LogP contribution in [0.5, 0.6) is 5.75 Å². The van der Waals surface area contributed by atoms with Crippen molar-refractivity contribution in [3.05, 3.63) is 47.3 Å². The topological polar surface area (TPSA) is 39.1 Å². The summed E-state index contributed by atoms with van der Waals surface area (Å²) in [6, 6.07) is 8.54. The fourth-order valence-corrected chi connectivity index (χ4v) is 2.28. The monoisotopic (exact) mass is 287 g/mol. The van der Waals surface area contributed by atoms with E-state index < -0.39 is 0 Å². The lowest BCUT2D eigenvalue weighted by atomic mass is 10.1. The van der Waals surface area contributed by atoms with Crippen molar-refractivity contribution in [3.63, 3.8) is 0 Å². The van der Waals surface area contributed by atoms with Crippen LogP contribution in [-0.2, 0) is 13.6 Å². The summed E-state index contributed by atoms with van der Waals surface area (Å²) in [5.74, 6) is 0.921. The molecule has 0 bridgehead atoms. The molecular weight excluding hydrogens is 262 g/mol. The number of nitrogens with one attached hydrogen (secondary N) is 1. The minimum Gasteiger partial charge on any atom is -0.491 e. The Kier molecular flexibility index (Phi) is 5.02. The second-order valence-electron chi connectivity index (χ2n) is 5.72. The van der Waals surface area contributed by atoms with Crippen LogP contribution < -0.4 is 10.1 Å². The molecule has 1 unspecified atom stereocenters. The highest BCUT2D eigenvalue weighted by molar-refractivity contribution is 5.27. The van der Waals surface area contributed by atoms with Gasteiger partial charge in [-0.05, 0) is 45.4 Å². The molecule has 0 saturated carbocycles. The zero-order valence-electron chi connectivity index (χ0n) is 13.6. The molecule has 0 saturated heterocycles. The number of aromatic nitrogens is 2. The summed E-state index contributed by atoms with van der Waals surface area (Å²) in [6.45, 7) is 9.16. The van der Waals surface area contributed by atoms with Gasteiger partial charge in [0.05, 0.1) is 12.3 Å². The van der Waals surface area contributed by atoms with Crippen LogP contribution in [0, 0.1) is 6.92 Å². The summed E-state index contributed by atoms with van der Waals surface area (Å²) in [5.41, 5.74) is 3.70. The first-order valence-electron chi connectivity index (χ1n) is 7.45. The predicted molar refractivity (Wildman–Crippen MR) is 85.4 cm³/mol. The molecular formula is C17H25N3O. The normalized spacial score (nSPS) is 12.7. The van der Waals surface area contributed by atoms with Crippen LogP contribution in [-0.4, -0.2) is 15.9 Å². The summed E-state index contributed by atoms with van der Waals surface area (Å²) in [7, 11) is 1.97. The van der Waals surface area contributed by atoms with E-state index in [-0.39, 0.29) is 12.1 Å². The number of rotatable bonds is 6. The van der Waals surface area contributed by atoms with Gasteiger partial charge in [-0.2, -0.15) is 5.10 Å². The molecule has 1 heterocycles. The number of hydrogen-bond donors (Lipinski definition) is 1. The third-order valence-electron chi connectivity index (χ3n) is 3.65. The minimum atomic E-state index is 0.211. The average Bonchev–Trinajstić information content (AvgIpc) is 2.77. The van der Waals surface area contributed by atoms with Crippen molar-refractivity contribution in [2.75, 3.05) is 0 Å². The Balaban J connectivity index is 1.92. The fraction of sp³-hybridized carbons (Fsp3) is 0.471. The molecule has 1 aromatic heterocycles. The van der Waals surface area contributed by atoms with Crippen LogP contribution in [0.1, 0.15) is 43.6 Å². The first-order valence-corrected chi connectivity index (χ1v) is 7.45. The van der Waals surface area contributed by atoms with Gasteiger partial charge in [0.2, 0.25) is 0 Å². The van der Waals surface area contributed by atoms with Crippen LogP contribution >= 0.6 is 0 Å². The summed E-state index contributed by atoms with van der Waals surface area (Å²) >= 11 is 0. The van der Waals surface area contributed by atoms with Crippen LogP contribution in [0.3, 0.4) is 0 Å². The van der Waals surface area contributed by atoms with Crippen LogP contribution in [0.4, 0.5) is 0 Å². The molecule has 0 spiro atoms. The minimum absolute atomic E-state index is 0.211. The number of aryl methyl sites for hydroxylation is 1. The van der Waals surface area contributed by atoms with E-state index in [9.17, 15) is 0 Å². The largest absolute Gasteiger partial charge is 0.491 e. The van der Waals surface area contributed by atoms with Gasteiger partial charge in [0, 0.05) is 30.9 Å². The number of hydrogen-bond acceptors (Lipinski definition) is 3. The molecule has 4 nitrogen and oxygen atoms in total. The molecule has 1 atom stereocenters. The highest BCUT2D eigenvalue weighted by atomic mass is 16.5. The lowest BCUT2D eigenvalue weighted by molar-refractivity contribution is 0.242. The van der Waals surface area contributed by atoms with Gasteiger partial charge in [0.25, 0.3) is 0 Å². The maximum absolute atomic E-state index is 5.65. The molecule has 4 heteroatoms. The SMILES string of the molecule is Cc1c(C(C)NCc2ccc(OC(C)C)cc2)cnn1C. The second kappa shape index (κ2) is 6.76. The average molecular weight is 287 g/mol. The highest BCUT2D eigenvalue weighted by Gasteiger charge is 2.11. The molecule has 2 rings (SSSR count). The lowest BCUT2D eigenvalue weighted by Crippen LogP contribution is -2.18. The van der Waals surface area contributed by atoms with Gasteiger partial charge in [-0.25, -0.2) is 0 Å². The van der Waals surface area contributed by atoms with E-state index >= 15 is 0 Å². The molecule has 0 amide bonds. The molecule has 21 heavy (non-hydrogen) atoms. The van der Waals surface area contributed by atoms with Gasteiger partial charge in [-0.3, -0.25) is 4.68 Å². The van der Waals surface area contributed by atoms with Crippen molar-refractivity contribution in [2.24, 2.45) is 7.05 Å². The van der Waals surface area contributed by atoms with Gasteiger partial charge in [0.15, 0.2) is 0 Å². The van der Waals surface area contributed by atoms with Crippen molar-refractivity contribution in [1.29, 1.82) is 0 Å². The Labute approximate surface area is 127 Å². The molecule has 1 aromatic carbocycles. The molecule has 0 fully saturated rings. The maximum Gasteiger partial charge on any atom is 0.119 e. The Morgan fingerprint density at radius 1 is 1.19 bits per heavy atom. The Bertz CT molecular complexity index is 572. The molecule has 114 valence electrons. The van der Waals surface area contributed by atoms with Crippen LogP contribution in [0.15, 0.2) is 30.5 Å². The highest BCUT2D eigenvalue weighted by Crippen LogP contribution is 2.18. The van der Waals surface area contributed by atoms with E-state index in [1.807, 2.05) is 43.9 Å². The zero-order valence-corrected chi connectivity index (χ0v) is 13.6. The van der Waals surface area contributed by atoms with E-state index in [1.165, 1.54) is 16.8 Å². The third kappa shape index (κ3) is 4.08. The van der Waals surface area contributed by atoms with Crippen molar-refractivity contribution in [3.8, 4) is 5.75 Å². The Morgan fingerprint density at radius 2 is 1.86 bits per heavy atom. The van der Waals surface area contributed by atoms with Gasteiger partial charge >= 0.3 is 0 Å². The number of benzene rings is 1. The van der Waals surface area contributed by atoms with Crippen molar-refractivity contribution >= 4 is 0 Å². The molecule has 1 N–H and O–H groups in total. The first-order chi connectivity index (χ1) is 9.97. The lowest BCUT2D eigenvalue weighted by Gasteiger charge is -2.14. The molecule has 0 aliphatic rings. The third-order valence-corrected chi connectivity index (χ3v) is 3.65. The van der Waals surface area contributed by atoms with Crippen molar-refractivity contribution in [1.82, 2.24) is 15.1 Å². The smallest absolute Gasteiger partial charge is 0.119 e. The van der Waals surface area contributed by atoms with Crippen LogP contribution in [0.2, 0.25) is 0 Å². The number of nitrogens with zero attached hydrogens (tertiary/aromatic N) is 2. The second-order valence-corrected chi connectivity index (χ2v) is 5.72. The molecule has 2 aromatic rings. The van der Waals surface area contributed by atoms with E-state index in [4.69, 9.17) is 4.74 Å². The van der Waals surface area contributed by atoms with E-state index in [2.05, 4.69) is 36.4 Å². The Morgan fingerprint density at radius 3 is 2.38 bits per heavy atom. The number of ether oxygens (including phenoxy) is 1. The Hall–Kier alpha value is -1.81. The quantitative estimate of drug-likeness (QED) is 0.885. The van der Waals surface area contributed by atoms with Gasteiger partial charge in [-0.1, -0.05) is 12.1 Å². The first kappa shape index (κ1) is 15.6. The van der Waals surface area contributed by atoms with E-state index in [1.54, 1.807) is 0 Å². The van der Waals surface area contributed by atoms with Crippen molar-refractivity contribution in [2.45, 2.75) is 46.4 Å². The zero-order chi connectivity index (χ0) is 15.4. The molecule has 0 radical (unpaired) electrons. The van der Waals surface area contributed by atoms with Gasteiger partial charge in [0.1, 0.15) is 5.75 Å². The van der Waals surface area contributed by atoms with Gasteiger partial charge < -0.3 is 10.1 Å². The summed E-state index contributed by atoms with van der Waals surface area (Å²) < 4.78 is 7.56. The fourth-order valence-electron chi connectivity index (χ4n) is 2.28. The van der Waals surface area contributed by atoms with Gasteiger partial charge in [-0.15, -0.1) is 0 Å². The van der Waals surface area contributed by atoms with Crippen molar-refractivity contribution < 1.29 is 4.74 Å². The maximum atomic E-state index is 5.65. The van der Waals surface area contributed by atoms with E-state index in [0.717, 1.165) is 12.3 Å². The predicted octanol–water partition coefficient (Wildman–Crippen LogP) is 3.37. The molecule has 0 aliphatic heterocycles. The summed E-state index contributed by atoms with van der Waals surface area (Å²) in [4.78, 5) is 0. The summed E-state index contributed by atoms with van der Waals surface area (Å²) in [5, 5.41) is 7.83. The molecule has 0 aliphatic carbocycles. The van der Waals surface area contributed by atoms with Crippen LogP contribution in [0.25, 0.3) is 0 Å².